The van der Waals surface area contributed by atoms with Crippen molar-refractivity contribution in [2.45, 2.75) is 19.3 Å². The molecule has 1 saturated heterocycles. The SMILES string of the molecule is S=C([S-])N1CCN(CC2CCC2)CC1.[Na+]. The van der Waals surface area contributed by atoms with Crippen LogP contribution >= 0.6 is 12.2 Å². The summed E-state index contributed by atoms with van der Waals surface area (Å²) in [7, 11) is 0. The van der Waals surface area contributed by atoms with Crippen molar-refractivity contribution in [2.75, 3.05) is 32.7 Å². The fourth-order valence-corrected chi connectivity index (χ4v) is 2.52. The molecule has 1 aliphatic carbocycles. The van der Waals surface area contributed by atoms with Gasteiger partial charge in [-0.25, -0.2) is 0 Å². The van der Waals surface area contributed by atoms with E-state index in [0.717, 1.165) is 32.1 Å². The van der Waals surface area contributed by atoms with Gasteiger partial charge in [-0.15, -0.1) is 0 Å². The molecule has 2 fully saturated rings. The van der Waals surface area contributed by atoms with Crippen molar-refractivity contribution in [1.29, 1.82) is 0 Å². The first-order valence-corrected chi connectivity index (χ1v) is 6.25. The minimum atomic E-state index is 0. The van der Waals surface area contributed by atoms with Gasteiger partial charge in [0.2, 0.25) is 0 Å². The molecule has 0 atom stereocenters. The van der Waals surface area contributed by atoms with Crippen LogP contribution in [0.25, 0.3) is 0 Å². The van der Waals surface area contributed by atoms with Gasteiger partial charge in [0.1, 0.15) is 0 Å². The molecule has 2 aliphatic rings. The van der Waals surface area contributed by atoms with Gasteiger partial charge in [-0.1, -0.05) is 10.7 Å². The zero-order valence-corrected chi connectivity index (χ0v) is 13.1. The van der Waals surface area contributed by atoms with E-state index in [1.165, 1.54) is 25.8 Å². The van der Waals surface area contributed by atoms with E-state index in [1.807, 2.05) is 0 Å². The second kappa shape index (κ2) is 6.72. The van der Waals surface area contributed by atoms with E-state index in [-0.39, 0.29) is 29.6 Å². The molecule has 0 amide bonds. The first-order chi connectivity index (χ1) is 6.75. The molecule has 1 aliphatic heterocycles. The van der Waals surface area contributed by atoms with Gasteiger partial charge in [-0.2, -0.15) is 0 Å². The van der Waals surface area contributed by atoms with Crippen molar-refractivity contribution in [3.05, 3.63) is 0 Å². The van der Waals surface area contributed by atoms with E-state index < -0.39 is 0 Å². The Kier molecular flexibility index (Phi) is 6.33. The molecule has 1 saturated carbocycles. The Labute approximate surface area is 125 Å². The van der Waals surface area contributed by atoms with Crippen LogP contribution in [0.5, 0.6) is 0 Å². The van der Waals surface area contributed by atoms with Crippen LogP contribution in [0.3, 0.4) is 0 Å². The quantitative estimate of drug-likeness (QED) is 0.326. The fourth-order valence-electron chi connectivity index (χ4n) is 2.15. The van der Waals surface area contributed by atoms with Crippen molar-refractivity contribution in [3.8, 4) is 0 Å². The van der Waals surface area contributed by atoms with Crippen molar-refractivity contribution in [2.24, 2.45) is 5.92 Å². The first-order valence-electron chi connectivity index (χ1n) is 5.44. The molecule has 0 aromatic carbocycles. The van der Waals surface area contributed by atoms with Gasteiger partial charge in [0.05, 0.1) is 0 Å². The predicted octanol–water partition coefficient (Wildman–Crippen LogP) is -1.76. The topological polar surface area (TPSA) is 6.48 Å². The average Bonchev–Trinajstić information content (AvgIpc) is 2.12. The summed E-state index contributed by atoms with van der Waals surface area (Å²) in [5.41, 5.74) is 0. The van der Waals surface area contributed by atoms with Crippen molar-refractivity contribution in [1.82, 2.24) is 9.80 Å². The number of thiocarbonyl (C=S) groups is 1. The maximum Gasteiger partial charge on any atom is 1.00 e. The number of nitrogens with zero attached hydrogens (tertiary/aromatic N) is 2. The van der Waals surface area contributed by atoms with E-state index in [0.29, 0.717) is 4.32 Å². The maximum absolute atomic E-state index is 5.00. The molecule has 2 nitrogen and oxygen atoms in total. The third kappa shape index (κ3) is 4.10. The van der Waals surface area contributed by atoms with Crippen LogP contribution in [0.1, 0.15) is 19.3 Å². The molecule has 80 valence electrons. The minimum absolute atomic E-state index is 0. The van der Waals surface area contributed by atoms with Gasteiger partial charge in [0.25, 0.3) is 0 Å². The molecule has 0 N–H and O–H groups in total. The van der Waals surface area contributed by atoms with Gasteiger partial charge in [0.15, 0.2) is 0 Å². The Hall–Kier alpha value is 1.07. The van der Waals surface area contributed by atoms with E-state index in [1.54, 1.807) is 0 Å². The summed E-state index contributed by atoms with van der Waals surface area (Å²) in [6.07, 6.45) is 4.33. The monoisotopic (exact) mass is 252 g/mol. The molecule has 0 bridgehead atoms. The standard InChI is InChI=1S/C10H18N2S2.Na/c13-10(14)12-6-4-11(5-7-12)8-9-2-1-3-9;/h9H,1-8H2,(H,13,14);/q;+1/p-1. The third-order valence-corrected chi connectivity index (χ3v) is 3.89. The van der Waals surface area contributed by atoms with Crippen molar-refractivity contribution < 1.29 is 29.6 Å². The summed E-state index contributed by atoms with van der Waals surface area (Å²) < 4.78 is 0.647. The Morgan fingerprint density at radius 2 is 1.80 bits per heavy atom. The van der Waals surface area contributed by atoms with Crippen LogP contribution in [0.15, 0.2) is 0 Å². The summed E-state index contributed by atoms with van der Waals surface area (Å²) in [4.78, 5) is 4.70. The Bertz CT molecular complexity index is 213. The molecule has 2 rings (SSSR count). The first kappa shape index (κ1) is 14.1. The predicted molar refractivity (Wildman–Crippen MR) is 65.3 cm³/mol. The molecule has 0 aromatic rings. The van der Waals surface area contributed by atoms with Gasteiger partial charge in [-0.05, 0) is 18.8 Å². The maximum atomic E-state index is 5.00. The average molecular weight is 252 g/mol. The zero-order chi connectivity index (χ0) is 9.97. The molecule has 0 aromatic heterocycles. The van der Waals surface area contributed by atoms with E-state index in [9.17, 15) is 0 Å². The normalized spacial score (nSPS) is 23.1. The van der Waals surface area contributed by atoms with Crippen LogP contribution in [-0.2, 0) is 12.6 Å². The number of hydrogen-bond donors (Lipinski definition) is 0. The largest absolute Gasteiger partial charge is 1.00 e. The smallest absolute Gasteiger partial charge is 0.411 e. The molecular weight excluding hydrogens is 235 g/mol. The molecule has 0 spiro atoms. The Morgan fingerprint density at radius 1 is 1.20 bits per heavy atom. The number of rotatable bonds is 2. The molecule has 0 radical (unpaired) electrons. The number of piperazine rings is 1. The van der Waals surface area contributed by atoms with Gasteiger partial charge in [-0.3, -0.25) is 4.90 Å². The van der Waals surface area contributed by atoms with Crippen LogP contribution in [0.2, 0.25) is 0 Å². The summed E-state index contributed by atoms with van der Waals surface area (Å²) in [6.45, 7) is 5.67. The van der Waals surface area contributed by atoms with Crippen LogP contribution in [-0.4, -0.2) is 46.8 Å². The van der Waals surface area contributed by atoms with E-state index in [4.69, 9.17) is 24.8 Å². The molecule has 0 unspecified atom stereocenters. The zero-order valence-electron chi connectivity index (χ0n) is 9.45. The second-order valence-electron chi connectivity index (χ2n) is 4.35. The number of hydrogen-bond acceptors (Lipinski definition) is 3. The van der Waals surface area contributed by atoms with Crippen molar-refractivity contribution in [3.63, 3.8) is 0 Å². The fraction of sp³-hybridized carbons (Fsp3) is 0.900. The van der Waals surface area contributed by atoms with Gasteiger partial charge < -0.3 is 29.7 Å². The van der Waals surface area contributed by atoms with Crippen LogP contribution < -0.4 is 29.6 Å². The molecule has 1 heterocycles. The summed E-state index contributed by atoms with van der Waals surface area (Å²) >= 11 is 10.00. The van der Waals surface area contributed by atoms with E-state index >= 15 is 0 Å². The summed E-state index contributed by atoms with van der Waals surface area (Å²) in [5.74, 6) is 0.983. The summed E-state index contributed by atoms with van der Waals surface area (Å²) in [6, 6.07) is 0. The van der Waals surface area contributed by atoms with Gasteiger partial charge >= 0.3 is 29.6 Å². The third-order valence-electron chi connectivity index (χ3n) is 3.37. The second-order valence-corrected chi connectivity index (χ2v) is 5.38. The minimum Gasteiger partial charge on any atom is -0.411 e. The van der Waals surface area contributed by atoms with Crippen molar-refractivity contribution >= 4 is 29.2 Å². The Balaban J connectivity index is 0.00000112. The molecule has 15 heavy (non-hydrogen) atoms. The van der Waals surface area contributed by atoms with Gasteiger partial charge in [0, 0.05) is 32.7 Å². The van der Waals surface area contributed by atoms with Crippen LogP contribution in [0, 0.1) is 5.92 Å². The Morgan fingerprint density at radius 3 is 2.20 bits per heavy atom. The molecular formula is C10H17N2NaS2. The van der Waals surface area contributed by atoms with Crippen LogP contribution in [0.4, 0.5) is 0 Å². The summed E-state index contributed by atoms with van der Waals surface area (Å²) in [5, 5.41) is 0. The van der Waals surface area contributed by atoms with E-state index in [2.05, 4.69) is 9.80 Å². The molecule has 5 heteroatoms.